The molecule has 27 heavy (non-hydrogen) atoms. The molecular formula is C18H31F3N6. The van der Waals surface area contributed by atoms with Crippen molar-refractivity contribution in [1.82, 2.24) is 25.3 Å². The molecule has 1 unspecified atom stereocenters. The fraction of sp³-hybridized carbons (Fsp3) is 0.778. The molecule has 1 atom stereocenters. The van der Waals surface area contributed by atoms with Gasteiger partial charge in [0, 0.05) is 31.4 Å². The number of guanidine groups is 1. The third-order valence-electron chi connectivity index (χ3n) is 5.03. The van der Waals surface area contributed by atoms with Crippen molar-refractivity contribution in [3.05, 3.63) is 18.0 Å². The maximum atomic E-state index is 12.8. The smallest absolute Gasteiger partial charge is 0.357 e. The summed E-state index contributed by atoms with van der Waals surface area (Å²) in [4.78, 5) is 6.76. The van der Waals surface area contributed by atoms with Crippen LogP contribution in [0.25, 0.3) is 0 Å². The topological polar surface area (TPSA) is 57.5 Å². The molecule has 0 aliphatic heterocycles. The predicted octanol–water partition coefficient (Wildman–Crippen LogP) is 2.70. The van der Waals surface area contributed by atoms with E-state index in [1.165, 1.54) is 0 Å². The van der Waals surface area contributed by atoms with Crippen molar-refractivity contribution < 1.29 is 13.2 Å². The van der Waals surface area contributed by atoms with Gasteiger partial charge >= 0.3 is 6.18 Å². The molecule has 1 aromatic rings. The molecule has 0 amide bonds. The molecule has 1 saturated carbocycles. The van der Waals surface area contributed by atoms with Gasteiger partial charge in [-0.05, 0) is 46.7 Å². The summed E-state index contributed by atoms with van der Waals surface area (Å²) in [6.45, 7) is 3.21. The summed E-state index contributed by atoms with van der Waals surface area (Å²) in [7, 11) is 5.86. The van der Waals surface area contributed by atoms with Gasteiger partial charge in [0.25, 0.3) is 0 Å². The van der Waals surface area contributed by atoms with Crippen molar-refractivity contribution in [2.45, 2.75) is 50.9 Å². The number of aliphatic imine (C=N–C) groups is 1. The Bertz CT molecular complexity index is 602. The number of alkyl halides is 3. The van der Waals surface area contributed by atoms with Crippen LogP contribution in [0, 0.1) is 5.92 Å². The zero-order valence-electron chi connectivity index (χ0n) is 16.6. The Labute approximate surface area is 159 Å². The number of rotatable bonds is 6. The lowest BCUT2D eigenvalue weighted by Gasteiger charge is -2.31. The monoisotopic (exact) mass is 388 g/mol. The van der Waals surface area contributed by atoms with Crippen molar-refractivity contribution >= 4 is 5.96 Å². The molecule has 0 saturated heterocycles. The Morgan fingerprint density at radius 3 is 2.48 bits per heavy atom. The van der Waals surface area contributed by atoms with Crippen molar-refractivity contribution in [2.24, 2.45) is 18.0 Å². The van der Waals surface area contributed by atoms with Crippen LogP contribution >= 0.6 is 0 Å². The van der Waals surface area contributed by atoms with E-state index in [4.69, 9.17) is 0 Å². The molecule has 2 rings (SSSR count). The number of nitrogens with one attached hydrogen (secondary N) is 2. The molecule has 2 N–H and O–H groups in total. The fourth-order valence-corrected chi connectivity index (χ4v) is 3.44. The van der Waals surface area contributed by atoms with Crippen molar-refractivity contribution in [3.8, 4) is 0 Å². The highest BCUT2D eigenvalue weighted by molar-refractivity contribution is 5.80. The molecule has 9 heteroatoms. The molecule has 1 fully saturated rings. The van der Waals surface area contributed by atoms with E-state index in [9.17, 15) is 13.2 Å². The van der Waals surface area contributed by atoms with Crippen LogP contribution < -0.4 is 10.6 Å². The summed E-state index contributed by atoms with van der Waals surface area (Å²) in [6, 6.07) is 0.104. The average molecular weight is 388 g/mol. The van der Waals surface area contributed by atoms with Crippen LogP contribution in [0.2, 0.25) is 0 Å². The lowest BCUT2D eigenvalue weighted by molar-refractivity contribution is -0.182. The summed E-state index contributed by atoms with van der Waals surface area (Å²) < 4.78 is 40.3. The van der Waals surface area contributed by atoms with Crippen LogP contribution in [0.5, 0.6) is 0 Å². The van der Waals surface area contributed by atoms with E-state index in [2.05, 4.69) is 25.6 Å². The second kappa shape index (κ2) is 9.43. The van der Waals surface area contributed by atoms with Gasteiger partial charge in [-0.15, -0.1) is 0 Å². The molecule has 0 bridgehead atoms. The van der Waals surface area contributed by atoms with Gasteiger partial charge in [0.05, 0.1) is 24.7 Å². The van der Waals surface area contributed by atoms with Crippen LogP contribution in [-0.2, 0) is 7.05 Å². The normalized spacial score (nSPS) is 22.7. The van der Waals surface area contributed by atoms with Crippen LogP contribution in [0.3, 0.4) is 0 Å². The van der Waals surface area contributed by atoms with E-state index in [1.807, 2.05) is 40.5 Å². The lowest BCUT2D eigenvalue weighted by Crippen LogP contribution is -2.46. The summed E-state index contributed by atoms with van der Waals surface area (Å²) >= 11 is 0. The first-order chi connectivity index (χ1) is 12.7. The van der Waals surface area contributed by atoms with Gasteiger partial charge < -0.3 is 15.5 Å². The maximum Gasteiger partial charge on any atom is 0.391 e. The fourth-order valence-electron chi connectivity index (χ4n) is 3.44. The number of nitrogens with zero attached hydrogens (tertiary/aromatic N) is 4. The SMILES string of the molecule is CCNC(=NCC(c1cnn(C)c1)N(C)C)NC1CCC(C(F)(F)F)CC1. The van der Waals surface area contributed by atoms with Gasteiger partial charge in [-0.2, -0.15) is 18.3 Å². The van der Waals surface area contributed by atoms with Crippen LogP contribution in [0.1, 0.15) is 44.2 Å². The molecular weight excluding hydrogens is 357 g/mol. The minimum absolute atomic E-state index is 0.0256. The molecule has 1 aromatic heterocycles. The first kappa shape index (κ1) is 21.5. The molecule has 6 nitrogen and oxygen atoms in total. The minimum Gasteiger partial charge on any atom is -0.357 e. The summed E-state index contributed by atoms with van der Waals surface area (Å²) in [5.74, 6) is -0.512. The lowest BCUT2D eigenvalue weighted by atomic mass is 9.85. The van der Waals surface area contributed by atoms with Gasteiger partial charge in [0.15, 0.2) is 5.96 Å². The zero-order chi connectivity index (χ0) is 20.0. The first-order valence-corrected chi connectivity index (χ1v) is 9.47. The molecule has 0 radical (unpaired) electrons. The predicted molar refractivity (Wildman–Crippen MR) is 101 cm³/mol. The van der Waals surface area contributed by atoms with Crippen LogP contribution in [-0.4, -0.2) is 60.0 Å². The van der Waals surface area contributed by atoms with E-state index < -0.39 is 12.1 Å². The van der Waals surface area contributed by atoms with E-state index in [0.717, 1.165) is 5.56 Å². The first-order valence-electron chi connectivity index (χ1n) is 9.47. The van der Waals surface area contributed by atoms with Crippen molar-refractivity contribution in [3.63, 3.8) is 0 Å². The molecule has 0 spiro atoms. The quantitative estimate of drug-likeness (QED) is 0.581. The van der Waals surface area contributed by atoms with E-state index in [0.29, 0.717) is 31.9 Å². The summed E-state index contributed by atoms with van der Waals surface area (Å²) in [6.07, 6.45) is 1.10. The Kier molecular flexibility index (Phi) is 7.52. The van der Waals surface area contributed by atoms with Gasteiger partial charge in [-0.3, -0.25) is 9.67 Å². The highest BCUT2D eigenvalue weighted by Gasteiger charge is 2.41. The maximum absolute atomic E-state index is 12.8. The van der Waals surface area contributed by atoms with E-state index >= 15 is 0 Å². The number of hydrogen-bond donors (Lipinski definition) is 2. The minimum atomic E-state index is -4.08. The Morgan fingerprint density at radius 1 is 1.33 bits per heavy atom. The number of likely N-dealkylation sites (N-methyl/N-ethyl adjacent to an activating group) is 1. The number of halogens is 3. The summed E-state index contributed by atoms with van der Waals surface area (Å²) in [5.41, 5.74) is 1.08. The Balaban J connectivity index is 1.97. The van der Waals surface area contributed by atoms with Gasteiger partial charge in [0.1, 0.15) is 0 Å². The number of aryl methyl sites for hydroxylation is 1. The van der Waals surface area contributed by atoms with Gasteiger partial charge in [-0.1, -0.05) is 0 Å². The third kappa shape index (κ3) is 6.41. The number of aromatic nitrogens is 2. The van der Waals surface area contributed by atoms with E-state index in [1.54, 1.807) is 4.68 Å². The largest absolute Gasteiger partial charge is 0.391 e. The highest BCUT2D eigenvalue weighted by Crippen LogP contribution is 2.37. The molecule has 1 aliphatic rings. The second-order valence-electron chi connectivity index (χ2n) is 7.38. The molecule has 1 aliphatic carbocycles. The van der Waals surface area contributed by atoms with Gasteiger partial charge in [0.2, 0.25) is 0 Å². The molecule has 154 valence electrons. The zero-order valence-corrected chi connectivity index (χ0v) is 16.6. The standard InChI is InChI=1S/C18H31F3N6/c1-5-22-17(25-15-8-6-14(7-9-15)18(19,20)21)23-11-16(26(2)3)13-10-24-27(4)12-13/h10,12,14-16H,5-9,11H2,1-4H3,(H2,22,23,25). The highest BCUT2D eigenvalue weighted by atomic mass is 19.4. The van der Waals surface area contributed by atoms with Gasteiger partial charge in [-0.25, -0.2) is 0 Å². The van der Waals surface area contributed by atoms with Crippen LogP contribution in [0.4, 0.5) is 13.2 Å². The molecule has 0 aromatic carbocycles. The Morgan fingerprint density at radius 2 is 2.00 bits per heavy atom. The van der Waals surface area contributed by atoms with Crippen LogP contribution in [0.15, 0.2) is 17.4 Å². The Hall–Kier alpha value is -1.77. The average Bonchev–Trinajstić information content (AvgIpc) is 3.00. The number of hydrogen-bond acceptors (Lipinski definition) is 3. The second-order valence-corrected chi connectivity index (χ2v) is 7.38. The van der Waals surface area contributed by atoms with E-state index in [-0.39, 0.29) is 24.9 Å². The molecule has 1 heterocycles. The van der Waals surface area contributed by atoms with Crippen molar-refractivity contribution in [2.75, 3.05) is 27.2 Å². The summed E-state index contributed by atoms with van der Waals surface area (Å²) in [5, 5.41) is 10.7. The van der Waals surface area contributed by atoms with Crippen molar-refractivity contribution in [1.29, 1.82) is 0 Å². The third-order valence-corrected chi connectivity index (χ3v) is 5.03.